The van der Waals surface area contributed by atoms with Crippen molar-refractivity contribution in [2.24, 2.45) is 5.73 Å². The van der Waals surface area contributed by atoms with Gasteiger partial charge in [-0.15, -0.1) is 0 Å². The van der Waals surface area contributed by atoms with Crippen LogP contribution in [0.4, 0.5) is 0 Å². The number of nitrogens with zero attached hydrogens (tertiary/aromatic N) is 2. The van der Waals surface area contributed by atoms with Crippen molar-refractivity contribution in [2.75, 3.05) is 13.1 Å². The van der Waals surface area contributed by atoms with Gasteiger partial charge in [-0.05, 0) is 17.5 Å². The minimum atomic E-state index is -3.70. The lowest BCUT2D eigenvalue weighted by Gasteiger charge is -2.36. The Morgan fingerprint density at radius 1 is 1.29 bits per heavy atom. The summed E-state index contributed by atoms with van der Waals surface area (Å²) in [6.45, 7) is 4.46. The number of carbonyl (C=O) groups is 1. The van der Waals surface area contributed by atoms with Crippen LogP contribution in [0, 0.1) is 0 Å². The molecule has 1 aliphatic rings. The molecule has 0 unspecified atom stereocenters. The molecule has 1 amide bonds. The largest absolute Gasteiger partial charge is 0.368 e. The van der Waals surface area contributed by atoms with Gasteiger partial charge in [0.2, 0.25) is 5.91 Å². The number of carbonyl (C=O) groups excluding carboxylic acids is 1. The summed E-state index contributed by atoms with van der Waals surface area (Å²) in [7, 11) is -3.70. The molecule has 0 fully saturated rings. The lowest BCUT2D eigenvalue weighted by molar-refractivity contribution is -0.122. The van der Waals surface area contributed by atoms with E-state index in [1.165, 1.54) is 8.61 Å². The maximum atomic E-state index is 12.7. The molecule has 1 heterocycles. The van der Waals surface area contributed by atoms with Gasteiger partial charge >= 0.3 is 0 Å². The van der Waals surface area contributed by atoms with Crippen LogP contribution in [0.3, 0.4) is 0 Å². The molecule has 7 heteroatoms. The summed E-state index contributed by atoms with van der Waals surface area (Å²) in [6.07, 6.45) is 0.325. The number of primary amides is 1. The van der Waals surface area contributed by atoms with E-state index in [2.05, 4.69) is 0 Å². The third kappa shape index (κ3) is 2.95. The first-order chi connectivity index (χ1) is 9.91. The Morgan fingerprint density at radius 2 is 1.86 bits per heavy atom. The molecule has 2 rings (SSSR count). The number of rotatable bonds is 5. The second-order valence-corrected chi connectivity index (χ2v) is 6.91. The van der Waals surface area contributed by atoms with Crippen molar-refractivity contribution in [1.82, 2.24) is 8.61 Å². The molecule has 0 saturated heterocycles. The maximum absolute atomic E-state index is 12.7. The SMILES string of the molecule is CCN(CC)S(=O)(=O)N1Cc2ccccc2C[C@@H]1C(N)=O. The van der Waals surface area contributed by atoms with E-state index in [9.17, 15) is 13.2 Å². The zero-order valence-corrected chi connectivity index (χ0v) is 13.1. The molecule has 0 bridgehead atoms. The van der Waals surface area contributed by atoms with Gasteiger partial charge in [-0.3, -0.25) is 4.79 Å². The number of hydrogen-bond donors (Lipinski definition) is 1. The Bertz CT molecular complexity index is 626. The molecule has 6 nitrogen and oxygen atoms in total. The average Bonchev–Trinajstić information content (AvgIpc) is 2.46. The molecule has 2 N–H and O–H groups in total. The fraction of sp³-hybridized carbons (Fsp3) is 0.500. The molecule has 116 valence electrons. The van der Waals surface area contributed by atoms with Crippen LogP contribution in [-0.2, 0) is 28.0 Å². The molecule has 0 radical (unpaired) electrons. The Hall–Kier alpha value is -1.44. The summed E-state index contributed by atoms with van der Waals surface area (Å²) in [5.74, 6) is -0.611. The van der Waals surface area contributed by atoms with Gasteiger partial charge in [0.15, 0.2) is 0 Å². The molecule has 1 atom stereocenters. The van der Waals surface area contributed by atoms with Crippen LogP contribution < -0.4 is 5.73 Å². The molecule has 0 aliphatic carbocycles. The monoisotopic (exact) mass is 311 g/mol. The average molecular weight is 311 g/mol. The Labute approximate surface area is 125 Å². The van der Waals surface area contributed by atoms with Crippen LogP contribution in [0.1, 0.15) is 25.0 Å². The highest BCUT2D eigenvalue weighted by molar-refractivity contribution is 7.86. The van der Waals surface area contributed by atoms with Crippen molar-refractivity contribution in [3.05, 3.63) is 35.4 Å². The van der Waals surface area contributed by atoms with Crippen molar-refractivity contribution in [2.45, 2.75) is 32.9 Å². The number of amides is 1. The van der Waals surface area contributed by atoms with Crippen LogP contribution in [0.5, 0.6) is 0 Å². The van der Waals surface area contributed by atoms with Crippen LogP contribution in [0.2, 0.25) is 0 Å². The molecule has 21 heavy (non-hydrogen) atoms. The first-order valence-corrected chi connectivity index (χ1v) is 8.44. The van der Waals surface area contributed by atoms with Gasteiger partial charge in [0, 0.05) is 19.6 Å². The fourth-order valence-corrected chi connectivity index (χ4v) is 4.43. The molecule has 0 saturated carbocycles. The van der Waals surface area contributed by atoms with E-state index in [0.717, 1.165) is 11.1 Å². The van der Waals surface area contributed by atoms with Crippen molar-refractivity contribution in [3.8, 4) is 0 Å². The lowest BCUT2D eigenvalue weighted by Crippen LogP contribution is -2.55. The molecular formula is C14H21N3O3S. The first-order valence-electron chi connectivity index (χ1n) is 7.04. The summed E-state index contributed by atoms with van der Waals surface area (Å²) in [5, 5.41) is 0. The number of benzene rings is 1. The second-order valence-electron chi connectivity index (χ2n) is 5.03. The first kappa shape index (κ1) is 15.9. The van der Waals surface area contributed by atoms with Gasteiger partial charge < -0.3 is 5.73 Å². The van der Waals surface area contributed by atoms with Gasteiger partial charge in [0.25, 0.3) is 10.2 Å². The molecule has 1 aromatic rings. The van der Waals surface area contributed by atoms with Gasteiger partial charge in [-0.2, -0.15) is 17.0 Å². The van der Waals surface area contributed by atoms with Gasteiger partial charge in [0.05, 0.1) is 0 Å². The molecule has 0 spiro atoms. The summed E-state index contributed by atoms with van der Waals surface area (Å²) in [4.78, 5) is 11.7. The highest BCUT2D eigenvalue weighted by Crippen LogP contribution is 2.27. The normalized spacial score (nSPS) is 19.5. The molecule has 1 aromatic carbocycles. The van der Waals surface area contributed by atoms with Crippen LogP contribution in [-0.4, -0.2) is 42.1 Å². The fourth-order valence-electron chi connectivity index (χ4n) is 2.68. The van der Waals surface area contributed by atoms with E-state index in [4.69, 9.17) is 5.73 Å². The third-order valence-corrected chi connectivity index (χ3v) is 6.01. The summed E-state index contributed by atoms with van der Waals surface area (Å²) >= 11 is 0. The topological polar surface area (TPSA) is 83.7 Å². The van der Waals surface area contributed by atoms with E-state index < -0.39 is 22.2 Å². The smallest absolute Gasteiger partial charge is 0.283 e. The summed E-state index contributed by atoms with van der Waals surface area (Å²) in [5.41, 5.74) is 7.33. The van der Waals surface area contributed by atoms with Crippen LogP contribution in [0.15, 0.2) is 24.3 Å². The van der Waals surface area contributed by atoms with Crippen molar-refractivity contribution < 1.29 is 13.2 Å². The second kappa shape index (κ2) is 6.13. The van der Waals surface area contributed by atoms with Crippen molar-refractivity contribution in [1.29, 1.82) is 0 Å². The predicted octanol–water partition coefficient (Wildman–Crippen LogP) is 0.485. The van der Waals surface area contributed by atoms with Crippen LogP contribution in [0.25, 0.3) is 0 Å². The third-order valence-electron chi connectivity index (χ3n) is 3.86. The van der Waals surface area contributed by atoms with Gasteiger partial charge in [0.1, 0.15) is 6.04 Å². The Balaban J connectivity index is 2.44. The zero-order valence-electron chi connectivity index (χ0n) is 12.3. The minimum absolute atomic E-state index is 0.183. The maximum Gasteiger partial charge on any atom is 0.283 e. The van der Waals surface area contributed by atoms with Gasteiger partial charge in [-0.25, -0.2) is 0 Å². The highest BCUT2D eigenvalue weighted by atomic mass is 32.2. The van der Waals surface area contributed by atoms with E-state index in [1.54, 1.807) is 13.8 Å². The van der Waals surface area contributed by atoms with E-state index >= 15 is 0 Å². The van der Waals surface area contributed by atoms with Crippen LogP contribution >= 0.6 is 0 Å². The number of nitrogens with two attached hydrogens (primary N) is 1. The lowest BCUT2D eigenvalue weighted by atomic mass is 9.96. The summed E-state index contributed by atoms with van der Waals surface area (Å²) < 4.78 is 28.0. The Kier molecular flexibility index (Phi) is 4.65. The Morgan fingerprint density at radius 3 is 2.38 bits per heavy atom. The number of hydrogen-bond acceptors (Lipinski definition) is 3. The molecule has 0 aromatic heterocycles. The molecule has 1 aliphatic heterocycles. The predicted molar refractivity (Wildman–Crippen MR) is 80.5 cm³/mol. The van der Waals surface area contributed by atoms with E-state index in [0.29, 0.717) is 19.5 Å². The quantitative estimate of drug-likeness (QED) is 0.858. The summed E-state index contributed by atoms with van der Waals surface area (Å²) in [6, 6.07) is 6.71. The van der Waals surface area contributed by atoms with E-state index in [-0.39, 0.29) is 6.54 Å². The van der Waals surface area contributed by atoms with Gasteiger partial charge in [-0.1, -0.05) is 38.1 Å². The highest BCUT2D eigenvalue weighted by Gasteiger charge is 2.39. The molecular weight excluding hydrogens is 290 g/mol. The minimum Gasteiger partial charge on any atom is -0.368 e. The number of fused-ring (bicyclic) bond motifs is 1. The van der Waals surface area contributed by atoms with E-state index in [1.807, 2.05) is 24.3 Å². The zero-order chi connectivity index (χ0) is 15.6. The van der Waals surface area contributed by atoms with Crippen molar-refractivity contribution in [3.63, 3.8) is 0 Å². The van der Waals surface area contributed by atoms with Crippen molar-refractivity contribution >= 4 is 16.1 Å². The standard InChI is InChI=1S/C14H21N3O3S/c1-3-16(4-2)21(19,20)17-10-12-8-6-5-7-11(12)9-13(17)14(15)18/h5-8,13H,3-4,9-10H2,1-2H3,(H2,15,18)/t13-/m1/s1.